The summed E-state index contributed by atoms with van der Waals surface area (Å²) in [4.78, 5) is 12.5. The van der Waals surface area contributed by atoms with Gasteiger partial charge < -0.3 is 29.0 Å². The Morgan fingerprint density at radius 3 is 1.81 bits per heavy atom. The van der Waals surface area contributed by atoms with Crippen LogP contribution in [0.1, 0.15) is 11.1 Å². The predicted octanol–water partition coefficient (Wildman–Crippen LogP) is 3.22. The van der Waals surface area contributed by atoms with Gasteiger partial charge in [0.05, 0.1) is 41.2 Å². The first kappa shape index (κ1) is 18.4. The van der Waals surface area contributed by atoms with Crippen molar-refractivity contribution in [3.8, 4) is 28.7 Å². The van der Waals surface area contributed by atoms with Crippen molar-refractivity contribution in [2.75, 3.05) is 40.9 Å². The largest absolute Gasteiger partial charge is 0.493 e. The summed E-state index contributed by atoms with van der Waals surface area (Å²) in [5.74, 6) is 2.39. The minimum atomic E-state index is -0.214. The second-order valence-electron chi connectivity index (χ2n) is 5.72. The normalized spacial score (nSPS) is 13.8. The van der Waals surface area contributed by atoms with E-state index in [-0.39, 0.29) is 5.91 Å². The first-order valence-corrected chi connectivity index (χ1v) is 8.15. The fraction of sp³-hybridized carbons (Fsp3) is 0.250. The molecule has 2 aromatic rings. The summed E-state index contributed by atoms with van der Waals surface area (Å²) < 4.78 is 26.7. The highest BCUT2D eigenvalue weighted by Gasteiger charge is 2.27. The van der Waals surface area contributed by atoms with Crippen LogP contribution in [-0.4, -0.2) is 41.5 Å². The zero-order chi connectivity index (χ0) is 19.6. The van der Waals surface area contributed by atoms with E-state index in [4.69, 9.17) is 23.7 Å². The lowest BCUT2D eigenvalue weighted by Crippen LogP contribution is -2.03. The molecule has 1 amide bonds. The van der Waals surface area contributed by atoms with Crippen molar-refractivity contribution in [3.05, 3.63) is 35.4 Å². The van der Waals surface area contributed by atoms with Crippen LogP contribution in [0.2, 0.25) is 0 Å². The van der Waals surface area contributed by atoms with E-state index < -0.39 is 0 Å². The van der Waals surface area contributed by atoms with Gasteiger partial charge in [-0.1, -0.05) is 0 Å². The molecule has 0 saturated heterocycles. The van der Waals surface area contributed by atoms with Crippen LogP contribution < -0.4 is 29.0 Å². The first-order valence-electron chi connectivity index (χ1n) is 8.15. The van der Waals surface area contributed by atoms with Gasteiger partial charge in [-0.2, -0.15) is 0 Å². The molecule has 0 aliphatic carbocycles. The van der Waals surface area contributed by atoms with Gasteiger partial charge in [-0.25, -0.2) is 0 Å². The maximum absolute atomic E-state index is 12.5. The number of carbonyl (C=O) groups excluding carboxylic acids is 1. The van der Waals surface area contributed by atoms with Crippen LogP contribution in [-0.2, 0) is 4.79 Å². The smallest absolute Gasteiger partial charge is 0.256 e. The van der Waals surface area contributed by atoms with Crippen LogP contribution >= 0.6 is 0 Å². The average molecular weight is 371 g/mol. The number of ether oxygens (including phenoxy) is 5. The molecule has 1 aliphatic heterocycles. The first-order chi connectivity index (χ1) is 13.1. The summed E-state index contributed by atoms with van der Waals surface area (Å²) in [6.45, 7) is 0. The van der Waals surface area contributed by atoms with Gasteiger partial charge in [0.1, 0.15) is 0 Å². The third-order valence-corrected chi connectivity index (χ3v) is 4.30. The number of fused-ring (bicyclic) bond motifs is 1. The molecule has 0 radical (unpaired) electrons. The van der Waals surface area contributed by atoms with E-state index in [1.165, 1.54) is 0 Å². The number of carbonyl (C=O) groups is 1. The second kappa shape index (κ2) is 7.49. The molecule has 3 rings (SSSR count). The Balaban J connectivity index is 2.13. The molecule has 1 N–H and O–H groups in total. The fourth-order valence-corrected chi connectivity index (χ4v) is 3.01. The standard InChI is InChI=1S/C20H21NO6/c1-23-15-9-12-13(20(22)21-14(12)10-16(15)24-2)6-11-7-17(25-3)19(27-5)18(8-11)26-4/h6-10H,1-5H3,(H,21,22)/b13-6+. The van der Waals surface area contributed by atoms with Gasteiger partial charge in [-0.15, -0.1) is 0 Å². The average Bonchev–Trinajstić information content (AvgIpc) is 3.00. The Morgan fingerprint density at radius 1 is 0.741 bits per heavy atom. The van der Waals surface area contributed by atoms with E-state index in [0.717, 1.165) is 11.1 Å². The van der Waals surface area contributed by atoms with Gasteiger partial charge in [0.15, 0.2) is 23.0 Å². The maximum Gasteiger partial charge on any atom is 0.256 e. The zero-order valence-corrected chi connectivity index (χ0v) is 15.8. The van der Waals surface area contributed by atoms with Gasteiger partial charge in [0.25, 0.3) is 5.91 Å². The van der Waals surface area contributed by atoms with E-state index >= 15 is 0 Å². The molecule has 27 heavy (non-hydrogen) atoms. The molecule has 2 aromatic carbocycles. The minimum absolute atomic E-state index is 0.214. The summed E-state index contributed by atoms with van der Waals surface area (Å²) >= 11 is 0. The van der Waals surface area contributed by atoms with Crippen LogP contribution in [0.3, 0.4) is 0 Å². The number of hydrogen-bond donors (Lipinski definition) is 1. The van der Waals surface area contributed by atoms with Gasteiger partial charge in [0, 0.05) is 17.2 Å². The third kappa shape index (κ3) is 3.23. The predicted molar refractivity (Wildman–Crippen MR) is 102 cm³/mol. The van der Waals surface area contributed by atoms with Crippen molar-refractivity contribution < 1.29 is 28.5 Å². The molecule has 1 heterocycles. The SMILES string of the molecule is COc1cc2c(cc1OC)/C(=C\c1cc(OC)c(OC)c(OC)c1)C(=O)N2. The third-order valence-electron chi connectivity index (χ3n) is 4.30. The number of benzene rings is 2. The van der Waals surface area contributed by atoms with Crippen molar-refractivity contribution in [1.82, 2.24) is 0 Å². The Hall–Kier alpha value is -3.35. The van der Waals surface area contributed by atoms with Crippen LogP contribution in [0.5, 0.6) is 28.7 Å². The van der Waals surface area contributed by atoms with Crippen LogP contribution in [0.15, 0.2) is 24.3 Å². The lowest BCUT2D eigenvalue weighted by molar-refractivity contribution is -0.110. The van der Waals surface area contributed by atoms with Crippen molar-refractivity contribution in [2.45, 2.75) is 0 Å². The van der Waals surface area contributed by atoms with Crippen LogP contribution in [0.25, 0.3) is 11.6 Å². The number of amides is 1. The molecule has 7 nitrogen and oxygen atoms in total. The van der Waals surface area contributed by atoms with Gasteiger partial charge in [-0.05, 0) is 29.8 Å². The number of rotatable bonds is 6. The van der Waals surface area contributed by atoms with E-state index in [1.807, 2.05) is 0 Å². The number of hydrogen-bond acceptors (Lipinski definition) is 6. The van der Waals surface area contributed by atoms with Crippen LogP contribution in [0, 0.1) is 0 Å². The summed E-state index contributed by atoms with van der Waals surface area (Å²) in [5.41, 5.74) is 2.63. The molecule has 0 spiro atoms. The van der Waals surface area contributed by atoms with Gasteiger partial charge in [-0.3, -0.25) is 4.79 Å². The van der Waals surface area contributed by atoms with E-state index in [2.05, 4.69) is 5.32 Å². The molecule has 7 heteroatoms. The molecule has 0 bridgehead atoms. The molecule has 0 fully saturated rings. The molecule has 0 atom stereocenters. The lowest BCUT2D eigenvalue weighted by Gasteiger charge is -2.13. The Morgan fingerprint density at radius 2 is 1.30 bits per heavy atom. The van der Waals surface area contributed by atoms with Crippen molar-refractivity contribution in [2.24, 2.45) is 0 Å². The zero-order valence-electron chi connectivity index (χ0n) is 15.8. The number of anilines is 1. The summed E-state index contributed by atoms with van der Waals surface area (Å²) in [6, 6.07) is 7.07. The molecule has 142 valence electrons. The lowest BCUT2D eigenvalue weighted by atomic mass is 10.0. The Bertz CT molecular complexity index is 894. The van der Waals surface area contributed by atoms with Crippen molar-refractivity contribution in [3.63, 3.8) is 0 Å². The second-order valence-corrected chi connectivity index (χ2v) is 5.72. The number of nitrogens with one attached hydrogen (secondary N) is 1. The van der Waals surface area contributed by atoms with Crippen molar-refractivity contribution >= 4 is 23.2 Å². The maximum atomic E-state index is 12.5. The molecule has 0 unspecified atom stereocenters. The Labute approximate surface area is 157 Å². The molecular weight excluding hydrogens is 350 g/mol. The quantitative estimate of drug-likeness (QED) is 0.786. The topological polar surface area (TPSA) is 75.2 Å². The highest BCUT2D eigenvalue weighted by molar-refractivity contribution is 6.35. The van der Waals surface area contributed by atoms with E-state index in [1.54, 1.807) is 65.9 Å². The van der Waals surface area contributed by atoms with E-state index in [0.29, 0.717) is 40.0 Å². The molecule has 0 saturated carbocycles. The highest BCUT2D eigenvalue weighted by Crippen LogP contribution is 2.43. The Kier molecular flexibility index (Phi) is 5.12. The molecule has 1 aliphatic rings. The molecule has 0 aromatic heterocycles. The number of methoxy groups -OCH3 is 5. The van der Waals surface area contributed by atoms with Crippen molar-refractivity contribution in [1.29, 1.82) is 0 Å². The molecular formula is C20H21NO6. The van der Waals surface area contributed by atoms with Crippen LogP contribution in [0.4, 0.5) is 5.69 Å². The summed E-state index contributed by atoms with van der Waals surface area (Å²) in [7, 11) is 7.73. The highest BCUT2D eigenvalue weighted by atomic mass is 16.5. The monoisotopic (exact) mass is 371 g/mol. The van der Waals surface area contributed by atoms with Gasteiger partial charge in [0.2, 0.25) is 5.75 Å². The minimum Gasteiger partial charge on any atom is -0.493 e. The fourth-order valence-electron chi connectivity index (χ4n) is 3.01. The van der Waals surface area contributed by atoms with E-state index in [9.17, 15) is 4.79 Å². The summed E-state index contributed by atoms with van der Waals surface area (Å²) in [5, 5.41) is 2.84. The van der Waals surface area contributed by atoms with Gasteiger partial charge >= 0.3 is 0 Å². The summed E-state index contributed by atoms with van der Waals surface area (Å²) in [6.07, 6.45) is 1.76.